The molecule has 1 aliphatic rings. The zero-order chi connectivity index (χ0) is 13.0. The van der Waals surface area contributed by atoms with Gasteiger partial charge in [0.25, 0.3) is 0 Å². The number of esters is 1. The summed E-state index contributed by atoms with van der Waals surface area (Å²) in [5.41, 5.74) is 2.83. The molecular formula is C14H20N2O2. The zero-order valence-electron chi connectivity index (χ0n) is 11.0. The number of methoxy groups -OCH3 is 1. The normalized spacial score (nSPS) is 15.6. The molecule has 0 saturated carbocycles. The second kappa shape index (κ2) is 5.87. The van der Waals surface area contributed by atoms with Gasteiger partial charge in [0.15, 0.2) is 0 Å². The van der Waals surface area contributed by atoms with Gasteiger partial charge in [0.05, 0.1) is 18.4 Å². The van der Waals surface area contributed by atoms with Crippen molar-refractivity contribution in [1.29, 1.82) is 0 Å². The molecule has 4 heteroatoms. The molecule has 0 aromatic heterocycles. The Morgan fingerprint density at radius 2 is 2.11 bits per heavy atom. The van der Waals surface area contributed by atoms with E-state index in [0.29, 0.717) is 5.56 Å². The van der Waals surface area contributed by atoms with Crippen LogP contribution in [0.5, 0.6) is 0 Å². The minimum absolute atomic E-state index is 0.251. The van der Waals surface area contributed by atoms with E-state index in [1.54, 1.807) is 0 Å². The molecule has 0 bridgehead atoms. The Bertz CT molecular complexity index is 426. The largest absolute Gasteiger partial charge is 0.465 e. The average Bonchev–Trinajstić information content (AvgIpc) is 2.46. The van der Waals surface area contributed by atoms with Crippen LogP contribution in [0.4, 0.5) is 5.69 Å². The Morgan fingerprint density at radius 3 is 2.72 bits per heavy atom. The van der Waals surface area contributed by atoms with Gasteiger partial charge in [-0.05, 0) is 24.1 Å². The molecule has 98 valence electrons. The van der Waals surface area contributed by atoms with E-state index in [1.165, 1.54) is 7.11 Å². The van der Waals surface area contributed by atoms with Crippen LogP contribution >= 0.6 is 0 Å². The maximum Gasteiger partial charge on any atom is 0.339 e. The lowest BCUT2D eigenvalue weighted by Gasteiger charge is -2.30. The van der Waals surface area contributed by atoms with E-state index in [2.05, 4.69) is 23.2 Å². The van der Waals surface area contributed by atoms with Crippen molar-refractivity contribution in [1.82, 2.24) is 5.32 Å². The number of anilines is 1. The molecule has 1 fully saturated rings. The summed E-state index contributed by atoms with van der Waals surface area (Å²) in [6.45, 7) is 5.85. The van der Waals surface area contributed by atoms with Crippen LogP contribution < -0.4 is 10.2 Å². The number of nitrogens with one attached hydrogen (secondary N) is 1. The molecule has 0 atom stereocenters. The van der Waals surface area contributed by atoms with Gasteiger partial charge in [-0.15, -0.1) is 0 Å². The van der Waals surface area contributed by atoms with Crippen LogP contribution in [-0.4, -0.2) is 39.3 Å². The van der Waals surface area contributed by atoms with Crippen molar-refractivity contribution in [2.45, 2.75) is 13.3 Å². The monoisotopic (exact) mass is 248 g/mol. The first-order valence-electron chi connectivity index (χ1n) is 6.43. The quantitative estimate of drug-likeness (QED) is 0.822. The maximum absolute atomic E-state index is 11.9. The van der Waals surface area contributed by atoms with Gasteiger partial charge in [-0.3, -0.25) is 0 Å². The van der Waals surface area contributed by atoms with E-state index in [4.69, 9.17) is 4.74 Å². The predicted molar refractivity (Wildman–Crippen MR) is 72.2 cm³/mol. The standard InChI is InChI=1S/C14H20N2O2/c1-3-11-4-5-13(12(10-11)14(17)18-2)16-8-6-15-7-9-16/h4-5,10,15H,3,6-9H2,1-2H3. The number of carbonyl (C=O) groups excluding carboxylic acids is 1. The van der Waals surface area contributed by atoms with Gasteiger partial charge >= 0.3 is 5.97 Å². The molecule has 1 aromatic carbocycles. The third-order valence-corrected chi connectivity index (χ3v) is 3.33. The fraction of sp³-hybridized carbons (Fsp3) is 0.500. The molecule has 18 heavy (non-hydrogen) atoms. The van der Waals surface area contributed by atoms with Crippen molar-refractivity contribution < 1.29 is 9.53 Å². The van der Waals surface area contributed by atoms with E-state index < -0.39 is 0 Å². The predicted octanol–water partition coefficient (Wildman–Crippen LogP) is 1.45. The Hall–Kier alpha value is -1.55. The number of aryl methyl sites for hydroxylation is 1. The maximum atomic E-state index is 11.9. The van der Waals surface area contributed by atoms with Crippen molar-refractivity contribution in [3.63, 3.8) is 0 Å². The van der Waals surface area contributed by atoms with Gasteiger partial charge in [0.1, 0.15) is 0 Å². The second-order valence-corrected chi connectivity index (χ2v) is 4.43. The van der Waals surface area contributed by atoms with Gasteiger partial charge in [-0.1, -0.05) is 13.0 Å². The smallest absolute Gasteiger partial charge is 0.339 e. The summed E-state index contributed by atoms with van der Waals surface area (Å²) in [6, 6.07) is 6.07. The first-order valence-corrected chi connectivity index (χ1v) is 6.43. The van der Waals surface area contributed by atoms with Crippen LogP contribution in [0, 0.1) is 0 Å². The molecule has 1 heterocycles. The van der Waals surface area contributed by atoms with E-state index in [1.807, 2.05) is 12.1 Å². The first-order chi connectivity index (χ1) is 8.76. The van der Waals surface area contributed by atoms with Crippen LogP contribution in [0.15, 0.2) is 18.2 Å². The molecule has 1 aromatic rings. The minimum Gasteiger partial charge on any atom is -0.465 e. The number of ether oxygens (including phenoxy) is 1. The highest BCUT2D eigenvalue weighted by molar-refractivity contribution is 5.96. The minimum atomic E-state index is -0.251. The Labute approximate surface area is 108 Å². The average molecular weight is 248 g/mol. The van der Waals surface area contributed by atoms with E-state index in [9.17, 15) is 4.79 Å². The SMILES string of the molecule is CCc1ccc(N2CCNCC2)c(C(=O)OC)c1. The second-order valence-electron chi connectivity index (χ2n) is 4.43. The van der Waals surface area contributed by atoms with Gasteiger partial charge in [-0.2, -0.15) is 0 Å². The number of nitrogens with zero attached hydrogens (tertiary/aromatic N) is 1. The summed E-state index contributed by atoms with van der Waals surface area (Å²) in [6.07, 6.45) is 0.922. The fourth-order valence-corrected chi connectivity index (χ4v) is 2.26. The van der Waals surface area contributed by atoms with Crippen LogP contribution in [0.2, 0.25) is 0 Å². The number of rotatable bonds is 3. The van der Waals surface area contributed by atoms with Crippen LogP contribution in [0.1, 0.15) is 22.8 Å². The molecule has 1 aliphatic heterocycles. The molecule has 1 saturated heterocycles. The lowest BCUT2D eigenvalue weighted by molar-refractivity contribution is 0.0601. The van der Waals surface area contributed by atoms with Gasteiger partial charge in [-0.25, -0.2) is 4.79 Å². The lowest BCUT2D eigenvalue weighted by Crippen LogP contribution is -2.44. The van der Waals surface area contributed by atoms with Crippen LogP contribution in [0.25, 0.3) is 0 Å². The Balaban J connectivity index is 2.35. The van der Waals surface area contributed by atoms with E-state index >= 15 is 0 Å². The lowest BCUT2D eigenvalue weighted by atomic mass is 10.1. The number of carbonyl (C=O) groups is 1. The molecule has 0 radical (unpaired) electrons. The number of benzene rings is 1. The molecule has 0 unspecified atom stereocenters. The number of hydrogen-bond acceptors (Lipinski definition) is 4. The molecule has 0 aliphatic carbocycles. The fourth-order valence-electron chi connectivity index (χ4n) is 2.26. The van der Waals surface area contributed by atoms with E-state index in [-0.39, 0.29) is 5.97 Å². The molecule has 4 nitrogen and oxygen atoms in total. The highest BCUT2D eigenvalue weighted by Crippen LogP contribution is 2.23. The molecule has 1 N–H and O–H groups in total. The summed E-state index contributed by atoms with van der Waals surface area (Å²) < 4.78 is 4.89. The summed E-state index contributed by atoms with van der Waals surface area (Å²) in [7, 11) is 1.43. The van der Waals surface area contributed by atoms with Crippen molar-refractivity contribution in [2.75, 3.05) is 38.2 Å². The zero-order valence-corrected chi connectivity index (χ0v) is 11.0. The summed E-state index contributed by atoms with van der Waals surface area (Å²) in [5, 5.41) is 3.31. The first kappa shape index (κ1) is 12.9. The van der Waals surface area contributed by atoms with Crippen molar-refractivity contribution in [2.24, 2.45) is 0 Å². The van der Waals surface area contributed by atoms with Gasteiger partial charge in [0.2, 0.25) is 0 Å². The van der Waals surface area contributed by atoms with Gasteiger partial charge in [0, 0.05) is 26.2 Å². The van der Waals surface area contributed by atoms with Crippen molar-refractivity contribution in [3.05, 3.63) is 29.3 Å². The number of piperazine rings is 1. The van der Waals surface area contributed by atoms with Gasteiger partial charge < -0.3 is 15.0 Å². The highest BCUT2D eigenvalue weighted by Gasteiger charge is 2.19. The Kier molecular flexibility index (Phi) is 4.20. The molecule has 2 rings (SSSR count). The highest BCUT2D eigenvalue weighted by atomic mass is 16.5. The topological polar surface area (TPSA) is 41.6 Å². The third kappa shape index (κ3) is 2.64. The third-order valence-electron chi connectivity index (χ3n) is 3.33. The van der Waals surface area contributed by atoms with E-state index in [0.717, 1.165) is 43.9 Å². The molecule has 0 amide bonds. The number of hydrogen-bond donors (Lipinski definition) is 1. The summed E-state index contributed by atoms with van der Waals surface area (Å²) >= 11 is 0. The summed E-state index contributed by atoms with van der Waals surface area (Å²) in [5.74, 6) is -0.251. The molecule has 0 spiro atoms. The molecular weight excluding hydrogens is 228 g/mol. The van der Waals surface area contributed by atoms with Crippen LogP contribution in [-0.2, 0) is 11.2 Å². The van der Waals surface area contributed by atoms with Crippen molar-refractivity contribution in [3.8, 4) is 0 Å². The summed E-state index contributed by atoms with van der Waals surface area (Å²) in [4.78, 5) is 14.1. The van der Waals surface area contributed by atoms with Crippen molar-refractivity contribution >= 4 is 11.7 Å². The van der Waals surface area contributed by atoms with Crippen LogP contribution in [0.3, 0.4) is 0 Å². The Morgan fingerprint density at radius 1 is 1.39 bits per heavy atom.